The molecule has 1 N–H and O–H groups in total. The molecule has 148 valence electrons. The molecule has 1 unspecified atom stereocenters. The van der Waals surface area contributed by atoms with Gasteiger partial charge in [0.25, 0.3) is 0 Å². The fourth-order valence-corrected chi connectivity index (χ4v) is 4.14. The normalized spacial score (nSPS) is 16.4. The van der Waals surface area contributed by atoms with Crippen molar-refractivity contribution in [3.8, 4) is 0 Å². The number of nitrogens with one attached hydrogen (secondary N) is 1. The van der Waals surface area contributed by atoms with E-state index in [1.165, 1.54) is 12.0 Å². The zero-order valence-electron chi connectivity index (χ0n) is 16.4. The summed E-state index contributed by atoms with van der Waals surface area (Å²) in [6, 6.07) is 8.55. The van der Waals surface area contributed by atoms with Crippen molar-refractivity contribution in [1.82, 2.24) is 15.2 Å². The highest BCUT2D eigenvalue weighted by molar-refractivity contribution is 7.09. The van der Waals surface area contributed by atoms with Crippen LogP contribution in [0.2, 0.25) is 0 Å². The van der Waals surface area contributed by atoms with Gasteiger partial charge in [0.05, 0.1) is 23.7 Å². The number of thiazole rings is 1. The minimum Gasteiger partial charge on any atom is -0.340 e. The molecule has 2 heterocycles. The maximum Gasteiger partial charge on any atom is 0.227 e. The topological polar surface area (TPSA) is 45.2 Å². The summed E-state index contributed by atoms with van der Waals surface area (Å²) in [5.74, 6) is 1.33. The molecule has 1 aromatic heterocycles. The number of nitrogens with zero attached hydrogens (tertiary/aromatic N) is 2. The summed E-state index contributed by atoms with van der Waals surface area (Å²) in [5.41, 5.74) is 3.43. The fraction of sp³-hybridized carbons (Fsp3) is 0.524. The Labute approximate surface area is 172 Å². The van der Waals surface area contributed by atoms with Crippen LogP contribution in [-0.4, -0.2) is 35.9 Å². The highest BCUT2D eigenvalue weighted by Gasteiger charge is 2.16. The summed E-state index contributed by atoms with van der Waals surface area (Å²) < 4.78 is 0. The van der Waals surface area contributed by atoms with E-state index in [1.807, 2.05) is 7.05 Å². The zero-order chi connectivity index (χ0) is 18.5. The van der Waals surface area contributed by atoms with Gasteiger partial charge in [0.1, 0.15) is 0 Å². The van der Waals surface area contributed by atoms with E-state index in [2.05, 4.69) is 53.8 Å². The van der Waals surface area contributed by atoms with Crippen LogP contribution in [0.1, 0.15) is 48.0 Å². The van der Waals surface area contributed by atoms with E-state index >= 15 is 0 Å². The lowest BCUT2D eigenvalue weighted by molar-refractivity contribution is -0.129. The maximum absolute atomic E-state index is 12.5. The predicted octanol–water partition coefficient (Wildman–Crippen LogP) is 4.04. The lowest BCUT2D eigenvalue weighted by atomic mass is 9.97. The van der Waals surface area contributed by atoms with Crippen LogP contribution in [0.4, 0.5) is 0 Å². The molecular weight excluding hydrogens is 378 g/mol. The van der Waals surface area contributed by atoms with Crippen molar-refractivity contribution in [2.45, 2.75) is 45.6 Å². The Morgan fingerprint density at radius 2 is 2.00 bits per heavy atom. The lowest BCUT2D eigenvalue weighted by Gasteiger charge is -2.16. The third-order valence-electron chi connectivity index (χ3n) is 4.95. The average molecular weight is 408 g/mol. The van der Waals surface area contributed by atoms with Crippen molar-refractivity contribution in [2.24, 2.45) is 5.92 Å². The second-order valence-corrected chi connectivity index (χ2v) is 8.53. The van der Waals surface area contributed by atoms with Crippen LogP contribution in [0, 0.1) is 5.92 Å². The van der Waals surface area contributed by atoms with E-state index < -0.39 is 0 Å². The Kier molecular flexibility index (Phi) is 8.27. The zero-order valence-corrected chi connectivity index (χ0v) is 18.0. The SMILES string of the molecule is CC(C)c1nc(CN(C)C(=O)Cc2ccc(CC3CCNC3)cc2)cs1.Cl. The molecule has 0 saturated carbocycles. The van der Waals surface area contributed by atoms with Crippen molar-refractivity contribution in [2.75, 3.05) is 20.1 Å². The van der Waals surface area contributed by atoms with Gasteiger partial charge in [-0.25, -0.2) is 4.98 Å². The van der Waals surface area contributed by atoms with E-state index in [9.17, 15) is 4.79 Å². The van der Waals surface area contributed by atoms with Crippen LogP contribution in [0.5, 0.6) is 0 Å². The Balaban J connectivity index is 0.00000261. The maximum atomic E-state index is 12.5. The predicted molar refractivity (Wildman–Crippen MR) is 115 cm³/mol. The monoisotopic (exact) mass is 407 g/mol. The Morgan fingerprint density at radius 1 is 1.30 bits per heavy atom. The van der Waals surface area contributed by atoms with E-state index in [-0.39, 0.29) is 18.3 Å². The van der Waals surface area contributed by atoms with Crippen LogP contribution in [0.25, 0.3) is 0 Å². The molecule has 0 spiro atoms. The van der Waals surface area contributed by atoms with E-state index in [1.54, 1.807) is 16.2 Å². The number of benzene rings is 1. The Morgan fingerprint density at radius 3 is 2.59 bits per heavy atom. The smallest absolute Gasteiger partial charge is 0.227 e. The Bertz CT molecular complexity index is 723. The molecule has 1 aromatic carbocycles. The Hall–Kier alpha value is -1.43. The van der Waals surface area contributed by atoms with Gasteiger partial charge in [0.15, 0.2) is 0 Å². The molecule has 1 fully saturated rings. The third-order valence-corrected chi connectivity index (χ3v) is 6.15. The number of hydrogen-bond donors (Lipinski definition) is 1. The summed E-state index contributed by atoms with van der Waals surface area (Å²) in [6.07, 6.45) is 2.84. The summed E-state index contributed by atoms with van der Waals surface area (Å²) in [4.78, 5) is 18.9. The minimum atomic E-state index is 0. The molecule has 0 radical (unpaired) electrons. The molecule has 1 atom stereocenters. The number of halogens is 1. The second kappa shape index (κ2) is 10.2. The number of carbonyl (C=O) groups excluding carboxylic acids is 1. The molecule has 0 bridgehead atoms. The molecule has 0 aliphatic carbocycles. The molecular formula is C21H30ClN3OS. The largest absolute Gasteiger partial charge is 0.340 e. The number of rotatable bonds is 7. The van der Waals surface area contributed by atoms with Gasteiger partial charge in [-0.2, -0.15) is 0 Å². The number of aromatic nitrogens is 1. The summed E-state index contributed by atoms with van der Waals surface area (Å²) in [7, 11) is 1.86. The number of carbonyl (C=O) groups is 1. The van der Waals surface area contributed by atoms with Gasteiger partial charge < -0.3 is 10.2 Å². The molecule has 27 heavy (non-hydrogen) atoms. The number of hydrogen-bond acceptors (Lipinski definition) is 4. The highest BCUT2D eigenvalue weighted by atomic mass is 35.5. The van der Waals surface area contributed by atoms with Gasteiger partial charge in [-0.3, -0.25) is 4.79 Å². The van der Waals surface area contributed by atoms with Crippen molar-refractivity contribution in [1.29, 1.82) is 0 Å². The van der Waals surface area contributed by atoms with Crippen LogP contribution in [0.15, 0.2) is 29.6 Å². The van der Waals surface area contributed by atoms with Gasteiger partial charge in [-0.1, -0.05) is 38.1 Å². The fourth-order valence-electron chi connectivity index (χ4n) is 3.32. The molecule has 2 aromatic rings. The van der Waals surface area contributed by atoms with Crippen molar-refractivity contribution in [3.63, 3.8) is 0 Å². The first-order valence-corrected chi connectivity index (χ1v) is 10.4. The second-order valence-electron chi connectivity index (χ2n) is 7.64. The molecule has 1 amide bonds. The number of amides is 1. The molecule has 1 aliphatic rings. The van der Waals surface area contributed by atoms with Gasteiger partial charge in [0, 0.05) is 18.3 Å². The first kappa shape index (κ1) is 21.9. The first-order chi connectivity index (χ1) is 12.5. The molecule has 1 saturated heterocycles. The van der Waals surface area contributed by atoms with Gasteiger partial charge in [-0.15, -0.1) is 23.7 Å². The van der Waals surface area contributed by atoms with Crippen molar-refractivity contribution < 1.29 is 4.79 Å². The summed E-state index contributed by atoms with van der Waals surface area (Å²) >= 11 is 1.68. The summed E-state index contributed by atoms with van der Waals surface area (Å²) in [5, 5.41) is 6.61. The van der Waals surface area contributed by atoms with Gasteiger partial charge in [-0.05, 0) is 43.0 Å². The summed E-state index contributed by atoms with van der Waals surface area (Å²) in [6.45, 7) is 7.13. The van der Waals surface area contributed by atoms with E-state index in [0.29, 0.717) is 18.9 Å². The molecule has 4 nitrogen and oxygen atoms in total. The molecule has 6 heteroatoms. The third kappa shape index (κ3) is 6.30. The van der Waals surface area contributed by atoms with Crippen LogP contribution >= 0.6 is 23.7 Å². The molecule has 1 aliphatic heterocycles. The lowest BCUT2D eigenvalue weighted by Crippen LogP contribution is -2.27. The minimum absolute atomic E-state index is 0. The van der Waals surface area contributed by atoms with Crippen LogP contribution in [0.3, 0.4) is 0 Å². The standard InChI is InChI=1S/C21H29N3OS.ClH/c1-15(2)21-23-19(14-26-21)13-24(3)20(25)11-17-6-4-16(5-7-17)10-18-8-9-22-12-18;/h4-7,14-15,18,22H,8-13H2,1-3H3;1H. The van der Waals surface area contributed by atoms with Gasteiger partial charge >= 0.3 is 0 Å². The average Bonchev–Trinajstić information content (AvgIpc) is 3.28. The van der Waals surface area contributed by atoms with Crippen molar-refractivity contribution in [3.05, 3.63) is 51.5 Å². The van der Waals surface area contributed by atoms with E-state index in [4.69, 9.17) is 0 Å². The van der Waals surface area contributed by atoms with Crippen LogP contribution in [-0.2, 0) is 24.2 Å². The van der Waals surface area contributed by atoms with Crippen LogP contribution < -0.4 is 5.32 Å². The molecule has 3 rings (SSSR count). The van der Waals surface area contributed by atoms with Gasteiger partial charge in [0.2, 0.25) is 5.91 Å². The number of likely N-dealkylation sites (N-methyl/N-ethyl adjacent to an activating group) is 1. The van der Waals surface area contributed by atoms with Crippen molar-refractivity contribution >= 4 is 29.7 Å². The first-order valence-electron chi connectivity index (χ1n) is 9.48. The van der Waals surface area contributed by atoms with E-state index in [0.717, 1.165) is 41.7 Å². The highest BCUT2D eigenvalue weighted by Crippen LogP contribution is 2.20. The quantitative estimate of drug-likeness (QED) is 0.753.